The van der Waals surface area contributed by atoms with Crippen LogP contribution in [0.2, 0.25) is 0 Å². The normalized spacial score (nSPS) is 26.1. The van der Waals surface area contributed by atoms with Gasteiger partial charge in [0.1, 0.15) is 0 Å². The fourth-order valence-electron chi connectivity index (χ4n) is 2.54. The second-order valence-electron chi connectivity index (χ2n) is 6.56. The maximum absolute atomic E-state index is 10.7. The van der Waals surface area contributed by atoms with Crippen molar-refractivity contribution in [2.75, 3.05) is 49.3 Å². The summed E-state index contributed by atoms with van der Waals surface area (Å²) in [5.74, 6) is 0. The summed E-state index contributed by atoms with van der Waals surface area (Å²) >= 11 is 0. The average Bonchev–Trinajstić information content (AvgIpc) is 3.13. The molecule has 1 saturated heterocycles. The van der Waals surface area contributed by atoms with Crippen LogP contribution in [0.15, 0.2) is 25.3 Å². The van der Waals surface area contributed by atoms with E-state index in [0.717, 1.165) is 0 Å². The smallest absolute Gasteiger partial charge is 0.0312 e. The van der Waals surface area contributed by atoms with Gasteiger partial charge in [-0.05, 0) is 94.2 Å². The van der Waals surface area contributed by atoms with E-state index in [1.165, 1.54) is 70.7 Å². The summed E-state index contributed by atoms with van der Waals surface area (Å²) in [6, 6.07) is 0. The molecule has 30 heavy (non-hydrogen) atoms. The molecule has 1 aliphatic heterocycles. The first kappa shape index (κ1) is 33.5. The molecule has 2 aliphatic rings. The topological polar surface area (TPSA) is 0 Å². The summed E-state index contributed by atoms with van der Waals surface area (Å²) in [6.45, 7) is 7.86. The van der Waals surface area contributed by atoms with Crippen molar-refractivity contribution in [3.8, 4) is 0 Å². The van der Waals surface area contributed by atoms with Crippen LogP contribution in [-0.2, 0) is 17.1 Å². The van der Waals surface area contributed by atoms with Crippen molar-refractivity contribution >= 4 is 32.2 Å². The second-order valence-corrected chi connectivity index (χ2v) is 15.2. The third-order valence-electron chi connectivity index (χ3n) is 3.72. The molecular weight excluding hydrogens is 522 g/mol. The van der Waals surface area contributed by atoms with Crippen molar-refractivity contribution in [2.24, 2.45) is 0 Å². The Hall–Kier alpha value is 1.30. The number of hydrogen-bond donors (Lipinski definition) is 0. The van der Waals surface area contributed by atoms with Gasteiger partial charge in [-0.15, -0.1) is 37.6 Å². The van der Waals surface area contributed by atoms with Crippen molar-refractivity contribution < 1.29 is 42.3 Å². The van der Waals surface area contributed by atoms with Crippen LogP contribution in [-0.4, -0.2) is 49.3 Å². The van der Waals surface area contributed by atoms with Crippen LogP contribution in [0, 0.1) is 32.1 Å². The maximum atomic E-state index is 9.87. The molecule has 177 valence electrons. The van der Waals surface area contributed by atoms with Crippen LogP contribution in [0.5, 0.6) is 0 Å². The Kier molecular flexibility index (Phi) is 17.9. The van der Waals surface area contributed by atoms with Gasteiger partial charge in [0.25, 0.3) is 0 Å². The minimum absolute atomic E-state index is 0. The molecule has 2 fully saturated rings. The van der Waals surface area contributed by atoms with Crippen molar-refractivity contribution in [3.05, 3.63) is 57.4 Å². The molecule has 2 rings (SSSR count). The first-order chi connectivity index (χ1) is 13.3. The molecule has 0 aromatic rings. The predicted molar refractivity (Wildman–Crippen MR) is 126 cm³/mol. The summed E-state index contributed by atoms with van der Waals surface area (Å²) in [7, 11) is -8.88. The van der Waals surface area contributed by atoms with E-state index < -0.39 is 7.81 Å². The van der Waals surface area contributed by atoms with Crippen LogP contribution < -0.4 is 0 Å². The van der Waals surface area contributed by atoms with Gasteiger partial charge < -0.3 is 0 Å². The van der Waals surface area contributed by atoms with Gasteiger partial charge in [0.05, 0.1) is 0 Å². The molecule has 1 saturated carbocycles. The van der Waals surface area contributed by atoms with Gasteiger partial charge in [0.15, 0.2) is 0 Å². The van der Waals surface area contributed by atoms with E-state index in [-0.39, 0.29) is 32.9 Å². The number of hydrogen-bond acceptors (Lipinski definition) is 0. The van der Waals surface area contributed by atoms with Crippen molar-refractivity contribution in [3.63, 3.8) is 0 Å². The van der Waals surface area contributed by atoms with Gasteiger partial charge in [0, 0.05) is 0 Å². The van der Waals surface area contributed by atoms with E-state index in [9.17, 15) is 25.2 Å². The molecule has 0 spiro atoms. The first-order valence-corrected chi connectivity index (χ1v) is 16.7. The van der Waals surface area contributed by atoms with Gasteiger partial charge in [-0.25, -0.2) is 0 Å². The van der Waals surface area contributed by atoms with Crippen molar-refractivity contribution in [1.82, 2.24) is 0 Å². The Balaban J connectivity index is 0. The SMILES string of the molecule is C=CCP1CCCPCCCP(CC=C)CC1.F[P-](F)(F)(F)(F)F.[CH]1[CH][CH][CH][CH]1.[Fe+2]. The molecule has 2 atom stereocenters. The van der Waals surface area contributed by atoms with E-state index >= 15 is 0 Å². The van der Waals surface area contributed by atoms with Crippen molar-refractivity contribution in [2.45, 2.75) is 12.8 Å². The first-order valence-electron chi connectivity index (χ1n) is 9.42. The molecule has 2 unspecified atom stereocenters. The van der Waals surface area contributed by atoms with Crippen LogP contribution in [0.25, 0.3) is 0 Å². The zero-order valence-electron chi connectivity index (χ0n) is 17.0. The van der Waals surface area contributed by atoms with E-state index in [0.29, 0.717) is 0 Å². The molecule has 0 amide bonds. The largest absolute Gasteiger partial charge is 2.00 e. The Bertz CT molecular complexity index is 413. The van der Waals surface area contributed by atoms with E-state index in [1.807, 2.05) is 32.1 Å². The summed E-state index contributed by atoms with van der Waals surface area (Å²) in [4.78, 5) is 0. The Labute approximate surface area is 193 Å². The van der Waals surface area contributed by atoms with Crippen molar-refractivity contribution in [1.29, 1.82) is 0 Å². The third-order valence-corrected chi connectivity index (χ3v) is 10.6. The average molecular weight is 554 g/mol. The van der Waals surface area contributed by atoms with Gasteiger partial charge in [-0.3, -0.25) is 0 Å². The predicted octanol–water partition coefficient (Wildman–Crippen LogP) is 9.20. The summed E-state index contributed by atoms with van der Waals surface area (Å²) < 4.78 is 59.2. The number of allylic oxidation sites excluding steroid dienone is 2. The number of halogens is 6. The fraction of sp³-hybridized carbons (Fsp3) is 0.526. The second kappa shape index (κ2) is 16.0. The molecule has 0 N–H and O–H groups in total. The third kappa shape index (κ3) is 31.5. The summed E-state index contributed by atoms with van der Waals surface area (Å²) in [6.07, 6.45) is 28.9. The van der Waals surface area contributed by atoms with Gasteiger partial charge >= 0.3 is 50.1 Å². The zero-order chi connectivity index (χ0) is 22.3. The van der Waals surface area contributed by atoms with Gasteiger partial charge in [0.2, 0.25) is 0 Å². The molecule has 11 heteroatoms. The maximum Gasteiger partial charge on any atom is 2.00 e. The van der Waals surface area contributed by atoms with Crippen LogP contribution >= 0.6 is 32.2 Å². The molecule has 0 aromatic carbocycles. The Morgan fingerprint density at radius 3 is 1.27 bits per heavy atom. The van der Waals surface area contributed by atoms with E-state index in [2.05, 4.69) is 25.3 Å². The standard InChI is InChI=1S/C14H27P3.C5H5.F6P.Fe/c1-3-9-16-11-5-7-15-8-6-12-17(10-4-2)14-13-16;1-2-4-5-3-1;1-7(2,3,4,5)6;/h3-4,15H,1-2,5-14H2;1-5H;;/q;;-1;+2. The minimum atomic E-state index is -10.7. The molecule has 5 radical (unpaired) electrons. The Morgan fingerprint density at radius 2 is 1.00 bits per heavy atom. The Morgan fingerprint density at radius 1 is 0.700 bits per heavy atom. The van der Waals surface area contributed by atoms with Crippen LogP contribution in [0.4, 0.5) is 25.2 Å². The molecule has 0 bridgehead atoms. The molecule has 1 heterocycles. The molecule has 0 aromatic heterocycles. The quantitative estimate of drug-likeness (QED) is 0.141. The monoisotopic (exact) mass is 554 g/mol. The molecule has 1 aliphatic carbocycles. The van der Waals surface area contributed by atoms with Gasteiger partial charge in [-0.2, -0.15) is 0 Å². The summed E-state index contributed by atoms with van der Waals surface area (Å²) in [5.41, 5.74) is 0. The van der Waals surface area contributed by atoms with Gasteiger partial charge in [-0.1, -0.05) is 12.2 Å². The summed E-state index contributed by atoms with van der Waals surface area (Å²) in [5, 5.41) is 0. The van der Waals surface area contributed by atoms with E-state index in [1.54, 1.807) is 0 Å². The minimum Gasteiger partial charge on any atom is -0.0312 e. The van der Waals surface area contributed by atoms with E-state index in [4.69, 9.17) is 0 Å². The zero-order valence-corrected chi connectivity index (χ0v) is 21.8. The fourth-order valence-corrected chi connectivity index (χ4v) is 9.62. The molecular formula is C19H32F6FeP4+. The molecule has 0 nitrogen and oxygen atoms in total. The van der Waals surface area contributed by atoms with Crippen LogP contribution in [0.1, 0.15) is 12.8 Å². The van der Waals surface area contributed by atoms with Crippen LogP contribution in [0.3, 0.4) is 0 Å². The number of rotatable bonds is 4.